The zero-order valence-corrected chi connectivity index (χ0v) is 22.4. The SMILES string of the molecule is CN1CCCN(c2ccc(Nc3ncc4c(=O)n5n(c4n3)-c3cccc(n3)[C@](C)(O)CC/C=C\C5)cc2)CC1. The van der Waals surface area contributed by atoms with E-state index in [0.717, 1.165) is 38.3 Å². The highest BCUT2D eigenvalue weighted by atomic mass is 16.3. The van der Waals surface area contributed by atoms with Crippen molar-refractivity contribution in [2.75, 3.05) is 43.4 Å². The number of hydrogen-bond donors (Lipinski definition) is 2. The lowest BCUT2D eigenvalue weighted by molar-refractivity contribution is 0.0443. The molecule has 1 atom stereocenters. The molecule has 6 rings (SSSR count). The minimum absolute atomic E-state index is 0.188. The molecule has 0 amide bonds. The van der Waals surface area contributed by atoms with Crippen molar-refractivity contribution in [2.45, 2.75) is 38.3 Å². The predicted octanol–water partition coefficient (Wildman–Crippen LogP) is 3.42. The van der Waals surface area contributed by atoms with Crippen LogP contribution in [0.1, 0.15) is 31.9 Å². The quantitative estimate of drug-likeness (QED) is 0.392. The van der Waals surface area contributed by atoms with Gasteiger partial charge in [-0.3, -0.25) is 4.79 Å². The molecular weight excluding hydrogens is 492 g/mol. The summed E-state index contributed by atoms with van der Waals surface area (Å²) in [4.78, 5) is 32.1. The van der Waals surface area contributed by atoms with Crippen LogP contribution in [0.3, 0.4) is 0 Å². The molecule has 1 aromatic carbocycles. The summed E-state index contributed by atoms with van der Waals surface area (Å²) in [5, 5.41) is 14.7. The van der Waals surface area contributed by atoms with E-state index in [-0.39, 0.29) is 5.56 Å². The van der Waals surface area contributed by atoms with Gasteiger partial charge in [0.25, 0.3) is 5.56 Å². The van der Waals surface area contributed by atoms with Crippen LogP contribution in [0.2, 0.25) is 0 Å². The lowest BCUT2D eigenvalue weighted by Crippen LogP contribution is -2.28. The van der Waals surface area contributed by atoms with Gasteiger partial charge in [0.2, 0.25) is 5.95 Å². The number of aromatic nitrogens is 5. The molecule has 4 aromatic rings. The third kappa shape index (κ3) is 5.05. The monoisotopic (exact) mass is 526 g/mol. The number of benzene rings is 1. The fourth-order valence-corrected chi connectivity index (χ4v) is 5.30. The number of allylic oxidation sites excluding steroid dienone is 2. The van der Waals surface area contributed by atoms with Gasteiger partial charge in [-0.2, -0.15) is 4.98 Å². The number of anilines is 3. The summed E-state index contributed by atoms with van der Waals surface area (Å²) in [5.41, 5.74) is 1.80. The van der Waals surface area contributed by atoms with Crippen LogP contribution < -0.4 is 15.8 Å². The normalized spacial score (nSPS) is 21.2. The fourth-order valence-electron chi connectivity index (χ4n) is 5.30. The summed E-state index contributed by atoms with van der Waals surface area (Å²) >= 11 is 0. The Morgan fingerprint density at radius 1 is 1.00 bits per heavy atom. The minimum atomic E-state index is -1.09. The highest BCUT2D eigenvalue weighted by molar-refractivity contribution is 5.77. The van der Waals surface area contributed by atoms with Crippen molar-refractivity contribution in [3.05, 3.63) is 76.9 Å². The average molecular weight is 527 g/mol. The summed E-state index contributed by atoms with van der Waals surface area (Å²) in [6.07, 6.45) is 7.86. The molecule has 10 nitrogen and oxygen atoms in total. The molecule has 10 heteroatoms. The molecule has 1 saturated heterocycles. The molecule has 202 valence electrons. The fraction of sp³-hybridized carbons (Fsp3) is 0.379. The van der Waals surface area contributed by atoms with Crippen LogP contribution >= 0.6 is 0 Å². The van der Waals surface area contributed by atoms with E-state index < -0.39 is 5.60 Å². The van der Waals surface area contributed by atoms with E-state index in [2.05, 4.69) is 39.3 Å². The number of nitrogens with zero attached hydrogens (tertiary/aromatic N) is 7. The van der Waals surface area contributed by atoms with Crippen LogP contribution in [0.4, 0.5) is 17.3 Å². The highest BCUT2D eigenvalue weighted by Crippen LogP contribution is 2.27. The molecule has 0 saturated carbocycles. The molecule has 0 aliphatic carbocycles. The first kappa shape index (κ1) is 25.3. The maximum atomic E-state index is 13.4. The van der Waals surface area contributed by atoms with Crippen LogP contribution in [-0.4, -0.2) is 67.5 Å². The Balaban J connectivity index is 1.35. The van der Waals surface area contributed by atoms with Crippen LogP contribution in [0, 0.1) is 0 Å². The van der Waals surface area contributed by atoms with Gasteiger partial charge in [-0.05, 0) is 76.2 Å². The highest BCUT2D eigenvalue weighted by Gasteiger charge is 2.26. The molecule has 0 radical (unpaired) electrons. The first-order valence-electron chi connectivity index (χ1n) is 13.5. The van der Waals surface area contributed by atoms with E-state index in [0.29, 0.717) is 47.9 Å². The summed E-state index contributed by atoms with van der Waals surface area (Å²) in [6.45, 7) is 6.37. The summed E-state index contributed by atoms with van der Waals surface area (Å²) in [5.74, 6) is 0.910. The van der Waals surface area contributed by atoms with Crippen molar-refractivity contribution < 1.29 is 5.11 Å². The molecule has 0 unspecified atom stereocenters. The second-order valence-electron chi connectivity index (χ2n) is 10.6. The summed E-state index contributed by atoms with van der Waals surface area (Å²) < 4.78 is 3.33. The number of rotatable bonds is 3. The van der Waals surface area contributed by atoms with Gasteiger partial charge in [-0.25, -0.2) is 19.3 Å². The van der Waals surface area contributed by atoms with Gasteiger partial charge in [0.05, 0.1) is 12.2 Å². The summed E-state index contributed by atoms with van der Waals surface area (Å²) in [7, 11) is 2.17. The lowest BCUT2D eigenvalue weighted by Gasteiger charge is -2.23. The first-order chi connectivity index (χ1) is 18.9. The molecule has 5 heterocycles. The van der Waals surface area contributed by atoms with Gasteiger partial charge in [0.15, 0.2) is 11.5 Å². The maximum absolute atomic E-state index is 13.4. The second kappa shape index (κ2) is 10.3. The smallest absolute Gasteiger partial charge is 0.278 e. The summed E-state index contributed by atoms with van der Waals surface area (Å²) in [6, 6.07) is 13.8. The molecule has 0 spiro atoms. The Morgan fingerprint density at radius 3 is 2.69 bits per heavy atom. The van der Waals surface area contributed by atoms with E-state index in [1.165, 1.54) is 5.69 Å². The van der Waals surface area contributed by atoms with E-state index in [4.69, 9.17) is 9.97 Å². The zero-order chi connectivity index (χ0) is 27.0. The zero-order valence-electron chi connectivity index (χ0n) is 22.4. The van der Waals surface area contributed by atoms with Gasteiger partial charge in [0, 0.05) is 37.2 Å². The van der Waals surface area contributed by atoms with E-state index in [9.17, 15) is 9.90 Å². The van der Waals surface area contributed by atoms with Crippen molar-refractivity contribution in [3.63, 3.8) is 0 Å². The number of aliphatic hydroxyl groups is 1. The third-order valence-electron chi connectivity index (χ3n) is 7.63. The molecule has 39 heavy (non-hydrogen) atoms. The van der Waals surface area contributed by atoms with Gasteiger partial charge in [-0.1, -0.05) is 18.2 Å². The largest absolute Gasteiger partial charge is 0.384 e. The second-order valence-corrected chi connectivity index (χ2v) is 10.6. The minimum Gasteiger partial charge on any atom is -0.384 e. The Kier molecular flexibility index (Phi) is 6.66. The van der Waals surface area contributed by atoms with E-state index >= 15 is 0 Å². The predicted molar refractivity (Wildman–Crippen MR) is 153 cm³/mol. The van der Waals surface area contributed by atoms with Gasteiger partial charge in [0.1, 0.15) is 11.0 Å². The number of hydrogen-bond acceptors (Lipinski definition) is 8. The Labute approximate surface area is 227 Å². The van der Waals surface area contributed by atoms with Crippen molar-refractivity contribution in [3.8, 4) is 5.82 Å². The Morgan fingerprint density at radius 2 is 1.85 bits per heavy atom. The number of pyridine rings is 1. The van der Waals surface area contributed by atoms with Crippen molar-refractivity contribution in [1.82, 2.24) is 29.2 Å². The molecule has 2 N–H and O–H groups in total. The lowest BCUT2D eigenvalue weighted by atomic mass is 9.95. The molecule has 2 bridgehead atoms. The van der Waals surface area contributed by atoms with Gasteiger partial charge >= 0.3 is 0 Å². The number of fused-ring (bicyclic) bond motifs is 6. The van der Waals surface area contributed by atoms with Crippen molar-refractivity contribution in [1.29, 1.82) is 0 Å². The number of likely N-dealkylation sites (N-methyl/N-ethyl adjacent to an activating group) is 1. The van der Waals surface area contributed by atoms with E-state index in [1.807, 2.05) is 42.5 Å². The topological polar surface area (TPSA) is 104 Å². The molecule has 2 aliphatic heterocycles. The Hall–Kier alpha value is -4.02. The van der Waals surface area contributed by atoms with Crippen LogP contribution in [0.25, 0.3) is 16.9 Å². The standard InChI is InChI=1S/C29H34N8O2/c1-29(39)14-4-3-5-17-36-27(38)23-20-30-28(33-26(23)37(36)25-9-6-8-24(29)32-25)31-21-10-12-22(13-11-21)35-16-7-15-34(2)18-19-35/h3,5-6,8-13,20,39H,4,7,14-19H2,1-2H3,(H,30,31,33)/b5-3-/t29-/m1/s1. The maximum Gasteiger partial charge on any atom is 0.278 e. The van der Waals surface area contributed by atoms with Gasteiger partial charge in [-0.15, -0.1) is 0 Å². The molecular formula is C29H34N8O2. The van der Waals surface area contributed by atoms with Crippen molar-refractivity contribution in [2.24, 2.45) is 0 Å². The first-order valence-corrected chi connectivity index (χ1v) is 13.5. The molecule has 2 aliphatic rings. The number of nitrogens with one attached hydrogen (secondary N) is 1. The van der Waals surface area contributed by atoms with Gasteiger partial charge < -0.3 is 20.2 Å². The Bertz CT molecular complexity index is 1570. The average Bonchev–Trinajstić information content (AvgIpc) is 3.05. The van der Waals surface area contributed by atoms with E-state index in [1.54, 1.807) is 22.5 Å². The van der Waals surface area contributed by atoms with Crippen LogP contribution in [-0.2, 0) is 12.1 Å². The van der Waals surface area contributed by atoms with Crippen molar-refractivity contribution >= 4 is 28.4 Å². The molecule has 3 aromatic heterocycles. The van der Waals surface area contributed by atoms with Crippen LogP contribution in [0.5, 0.6) is 0 Å². The molecule has 1 fully saturated rings. The van der Waals surface area contributed by atoms with Crippen LogP contribution in [0.15, 0.2) is 65.6 Å². The third-order valence-corrected chi connectivity index (χ3v) is 7.63.